The molecule has 0 heterocycles. The quantitative estimate of drug-likeness (QED) is 0.641. The number of benzene rings is 3. The Balaban J connectivity index is 1.78. The molecule has 0 saturated heterocycles. The summed E-state index contributed by atoms with van der Waals surface area (Å²) in [4.78, 5) is 27.4. The molecule has 0 bridgehead atoms. The van der Waals surface area contributed by atoms with Crippen LogP contribution in [-0.4, -0.2) is 18.9 Å². The zero-order valence-corrected chi connectivity index (χ0v) is 18.0. The number of nitrogens with zero attached hydrogens (tertiary/aromatic N) is 1. The average Bonchev–Trinajstić information content (AvgIpc) is 2.76. The average molecular weight is 401 g/mol. The smallest absolute Gasteiger partial charge is 0.258 e. The first kappa shape index (κ1) is 21.3. The fraction of sp³-hybridized carbons (Fsp3) is 0.231. The van der Waals surface area contributed by atoms with Gasteiger partial charge in [-0.2, -0.15) is 0 Å². The highest BCUT2D eigenvalue weighted by molar-refractivity contribution is 6.10. The van der Waals surface area contributed by atoms with Gasteiger partial charge in [-0.15, -0.1) is 0 Å². The molecule has 0 aliphatic rings. The Kier molecular flexibility index (Phi) is 6.36. The van der Waals surface area contributed by atoms with Gasteiger partial charge in [0.2, 0.25) is 0 Å². The fourth-order valence-corrected chi connectivity index (χ4v) is 3.25. The molecule has 3 aromatic rings. The number of para-hydroxylation sites is 1. The lowest BCUT2D eigenvalue weighted by molar-refractivity contribution is 0.0951. The lowest BCUT2D eigenvalue weighted by Crippen LogP contribution is -2.30. The maximum absolute atomic E-state index is 13.1. The molecule has 0 unspecified atom stereocenters. The van der Waals surface area contributed by atoms with E-state index in [-0.39, 0.29) is 17.2 Å². The van der Waals surface area contributed by atoms with Crippen LogP contribution >= 0.6 is 0 Å². The van der Waals surface area contributed by atoms with Crippen LogP contribution in [0.15, 0.2) is 78.9 Å². The Bertz CT molecular complexity index is 1020. The largest absolute Gasteiger partial charge is 0.348 e. The van der Waals surface area contributed by atoms with Crippen LogP contribution in [0.1, 0.15) is 52.6 Å². The molecule has 0 aliphatic carbocycles. The molecule has 30 heavy (non-hydrogen) atoms. The standard InChI is InChI=1S/C26H28N2O2/c1-26(2,3)21-16-14-20(15-17-21)25(30)28(4)23-13-9-8-12-22(23)24(29)27-18-19-10-6-5-7-11-19/h5-17H,18H2,1-4H3,(H,27,29). The molecule has 4 heteroatoms. The van der Waals surface area contributed by atoms with E-state index < -0.39 is 0 Å². The molecule has 0 spiro atoms. The van der Waals surface area contributed by atoms with Gasteiger partial charge in [-0.3, -0.25) is 9.59 Å². The van der Waals surface area contributed by atoms with Gasteiger partial charge in [0.15, 0.2) is 0 Å². The van der Waals surface area contributed by atoms with Crippen molar-refractivity contribution in [3.8, 4) is 0 Å². The molecule has 0 saturated carbocycles. The Morgan fingerprint density at radius 2 is 1.43 bits per heavy atom. The van der Waals surface area contributed by atoms with E-state index in [1.165, 1.54) is 10.5 Å². The van der Waals surface area contributed by atoms with E-state index in [9.17, 15) is 9.59 Å². The van der Waals surface area contributed by atoms with Gasteiger partial charge in [-0.25, -0.2) is 0 Å². The molecular weight excluding hydrogens is 372 g/mol. The topological polar surface area (TPSA) is 49.4 Å². The van der Waals surface area contributed by atoms with Crippen LogP contribution in [0.5, 0.6) is 0 Å². The molecule has 2 amide bonds. The Morgan fingerprint density at radius 1 is 0.833 bits per heavy atom. The van der Waals surface area contributed by atoms with Crippen molar-refractivity contribution in [1.82, 2.24) is 5.32 Å². The zero-order valence-electron chi connectivity index (χ0n) is 18.0. The highest BCUT2D eigenvalue weighted by Gasteiger charge is 2.20. The molecule has 3 aromatic carbocycles. The third-order valence-corrected chi connectivity index (χ3v) is 5.11. The fourth-order valence-electron chi connectivity index (χ4n) is 3.25. The predicted octanol–water partition coefficient (Wildman–Crippen LogP) is 5.19. The third-order valence-electron chi connectivity index (χ3n) is 5.11. The van der Waals surface area contributed by atoms with Gasteiger partial charge < -0.3 is 10.2 Å². The van der Waals surface area contributed by atoms with Crippen molar-refractivity contribution >= 4 is 17.5 Å². The highest BCUT2D eigenvalue weighted by Crippen LogP contribution is 2.24. The SMILES string of the molecule is CN(C(=O)c1ccc(C(C)(C)C)cc1)c1ccccc1C(=O)NCc1ccccc1. The minimum absolute atomic E-state index is 0.0247. The van der Waals surface area contributed by atoms with E-state index in [0.717, 1.165) is 5.56 Å². The number of anilines is 1. The van der Waals surface area contributed by atoms with E-state index >= 15 is 0 Å². The second-order valence-corrected chi connectivity index (χ2v) is 8.38. The molecule has 0 fully saturated rings. The van der Waals surface area contributed by atoms with Gasteiger partial charge >= 0.3 is 0 Å². The molecule has 0 aromatic heterocycles. The summed E-state index contributed by atoms with van der Waals surface area (Å²) in [6.07, 6.45) is 0. The van der Waals surface area contributed by atoms with Crippen molar-refractivity contribution in [2.75, 3.05) is 11.9 Å². The van der Waals surface area contributed by atoms with Crippen molar-refractivity contribution in [3.63, 3.8) is 0 Å². The first-order chi connectivity index (χ1) is 14.3. The zero-order chi connectivity index (χ0) is 21.7. The van der Waals surface area contributed by atoms with E-state index in [1.54, 1.807) is 25.2 Å². The molecule has 4 nitrogen and oxygen atoms in total. The van der Waals surface area contributed by atoms with Crippen LogP contribution < -0.4 is 10.2 Å². The summed E-state index contributed by atoms with van der Waals surface area (Å²) in [6, 6.07) is 24.6. The lowest BCUT2D eigenvalue weighted by atomic mass is 9.86. The molecule has 3 rings (SSSR count). The van der Waals surface area contributed by atoms with Gasteiger partial charge in [-0.05, 0) is 40.8 Å². The molecule has 154 valence electrons. The van der Waals surface area contributed by atoms with Crippen molar-refractivity contribution in [2.24, 2.45) is 0 Å². The molecule has 0 atom stereocenters. The Morgan fingerprint density at radius 3 is 2.07 bits per heavy atom. The normalized spacial score (nSPS) is 11.1. The van der Waals surface area contributed by atoms with Crippen LogP contribution in [-0.2, 0) is 12.0 Å². The second-order valence-electron chi connectivity index (χ2n) is 8.38. The van der Waals surface area contributed by atoms with Crippen LogP contribution in [0, 0.1) is 0 Å². The van der Waals surface area contributed by atoms with Crippen LogP contribution in [0.2, 0.25) is 0 Å². The van der Waals surface area contributed by atoms with Crippen molar-refractivity contribution in [2.45, 2.75) is 32.7 Å². The summed E-state index contributed by atoms with van der Waals surface area (Å²) in [7, 11) is 1.70. The number of carbonyl (C=O) groups is 2. The summed E-state index contributed by atoms with van der Waals surface area (Å²) in [6.45, 7) is 6.85. The Labute approximate surface area is 178 Å². The summed E-state index contributed by atoms with van der Waals surface area (Å²) in [5.74, 6) is -0.365. The van der Waals surface area contributed by atoms with Crippen molar-refractivity contribution in [1.29, 1.82) is 0 Å². The monoisotopic (exact) mass is 400 g/mol. The number of carbonyl (C=O) groups excluding carboxylic acids is 2. The summed E-state index contributed by atoms with van der Waals surface area (Å²) in [5, 5.41) is 2.94. The number of hydrogen-bond acceptors (Lipinski definition) is 2. The summed E-state index contributed by atoms with van der Waals surface area (Å²) >= 11 is 0. The van der Waals surface area contributed by atoms with Crippen LogP contribution in [0.4, 0.5) is 5.69 Å². The number of amides is 2. The number of nitrogens with one attached hydrogen (secondary N) is 1. The molecule has 0 aliphatic heterocycles. The van der Waals surface area contributed by atoms with Gasteiger partial charge in [-0.1, -0.05) is 75.4 Å². The minimum Gasteiger partial charge on any atom is -0.348 e. The third kappa shape index (κ3) is 4.95. The number of hydrogen-bond donors (Lipinski definition) is 1. The number of rotatable bonds is 5. The second kappa shape index (κ2) is 8.95. The summed E-state index contributed by atoms with van der Waals surface area (Å²) < 4.78 is 0. The molecular formula is C26H28N2O2. The maximum atomic E-state index is 13.1. The van der Waals surface area contributed by atoms with Gasteiger partial charge in [0, 0.05) is 19.2 Å². The van der Waals surface area contributed by atoms with Gasteiger partial charge in [0.25, 0.3) is 11.8 Å². The van der Waals surface area contributed by atoms with Crippen LogP contribution in [0.3, 0.4) is 0 Å². The lowest BCUT2D eigenvalue weighted by Gasteiger charge is -2.22. The van der Waals surface area contributed by atoms with E-state index in [1.807, 2.05) is 60.7 Å². The van der Waals surface area contributed by atoms with Gasteiger partial charge in [0.05, 0.1) is 11.3 Å². The first-order valence-corrected chi connectivity index (χ1v) is 10.1. The van der Waals surface area contributed by atoms with E-state index in [0.29, 0.717) is 23.4 Å². The first-order valence-electron chi connectivity index (χ1n) is 10.1. The Hall–Kier alpha value is -3.40. The minimum atomic E-state index is -0.211. The van der Waals surface area contributed by atoms with E-state index in [4.69, 9.17) is 0 Å². The maximum Gasteiger partial charge on any atom is 0.258 e. The predicted molar refractivity (Wildman–Crippen MR) is 122 cm³/mol. The van der Waals surface area contributed by atoms with Crippen molar-refractivity contribution < 1.29 is 9.59 Å². The summed E-state index contributed by atoms with van der Waals surface area (Å²) in [5.41, 5.74) is 3.85. The van der Waals surface area contributed by atoms with Crippen LogP contribution in [0.25, 0.3) is 0 Å². The molecule has 0 radical (unpaired) electrons. The van der Waals surface area contributed by atoms with Crippen molar-refractivity contribution in [3.05, 3.63) is 101 Å². The highest BCUT2D eigenvalue weighted by atomic mass is 16.2. The van der Waals surface area contributed by atoms with E-state index in [2.05, 4.69) is 26.1 Å². The molecule has 1 N–H and O–H groups in total. The van der Waals surface area contributed by atoms with Gasteiger partial charge in [0.1, 0.15) is 0 Å².